The van der Waals surface area contributed by atoms with E-state index in [1.807, 2.05) is 9.34 Å². The molecule has 2 aliphatic rings. The highest BCUT2D eigenvalue weighted by molar-refractivity contribution is 8.11. The van der Waals surface area contributed by atoms with Crippen LogP contribution in [0.25, 0.3) is 0 Å². The van der Waals surface area contributed by atoms with Gasteiger partial charge in [-0.25, -0.2) is 9.34 Å². The van der Waals surface area contributed by atoms with Crippen LogP contribution in [0.4, 0.5) is 0 Å². The molecule has 0 atom stereocenters. The van der Waals surface area contributed by atoms with E-state index >= 15 is 0 Å². The van der Waals surface area contributed by atoms with Gasteiger partial charge >= 0.3 is 0 Å². The standard InChI is InChI=1S/C6H13ClN3PS/c7-1-2-8-11(12,9-3-4-9)10-5-6-10/h1-6H2,(H,8,12)/i1D2,2D2. The lowest BCUT2D eigenvalue weighted by molar-refractivity contribution is 0.751. The minimum atomic E-state index is -2.47. The Morgan fingerprint density at radius 3 is 2.25 bits per heavy atom. The number of alkyl halides is 1. The Balaban J connectivity index is 2.15. The van der Waals surface area contributed by atoms with Gasteiger partial charge in [-0.15, -0.1) is 11.6 Å². The molecular weight excluding hydrogens is 213 g/mol. The van der Waals surface area contributed by atoms with Gasteiger partial charge in [0, 0.05) is 44.0 Å². The predicted octanol–water partition coefficient (Wildman–Crippen LogP) is 0.671. The van der Waals surface area contributed by atoms with Crippen LogP contribution in [0, 0.1) is 0 Å². The molecule has 0 saturated carbocycles. The summed E-state index contributed by atoms with van der Waals surface area (Å²) in [5.41, 5.74) is 0. The lowest BCUT2D eigenvalue weighted by Crippen LogP contribution is -2.22. The summed E-state index contributed by atoms with van der Waals surface area (Å²) in [6, 6.07) is 0. The van der Waals surface area contributed by atoms with Crippen molar-refractivity contribution in [3.63, 3.8) is 0 Å². The highest BCUT2D eigenvalue weighted by Gasteiger charge is 2.43. The van der Waals surface area contributed by atoms with Crippen molar-refractivity contribution in [1.82, 2.24) is 14.4 Å². The van der Waals surface area contributed by atoms with Crippen LogP contribution in [0.1, 0.15) is 5.48 Å². The minimum absolute atomic E-state index is 0.849. The van der Waals surface area contributed by atoms with Gasteiger partial charge in [-0.3, -0.25) is 5.09 Å². The Hall–Kier alpha value is 0.820. The van der Waals surface area contributed by atoms with E-state index in [1.165, 1.54) is 0 Å². The molecule has 0 amide bonds. The molecule has 2 heterocycles. The average Bonchev–Trinajstić information content (AvgIpc) is 2.96. The van der Waals surface area contributed by atoms with E-state index in [1.54, 1.807) is 0 Å². The minimum Gasteiger partial charge on any atom is -0.264 e. The topological polar surface area (TPSA) is 18.0 Å². The Kier molecular flexibility index (Phi) is 1.66. The molecule has 0 radical (unpaired) electrons. The molecule has 2 rings (SSSR count). The molecule has 0 unspecified atom stereocenters. The number of hydrogen-bond donors (Lipinski definition) is 1. The van der Waals surface area contributed by atoms with Crippen molar-refractivity contribution in [2.24, 2.45) is 0 Å². The summed E-state index contributed by atoms with van der Waals surface area (Å²) in [6.45, 7) is -1.24. The van der Waals surface area contributed by atoms with Crippen molar-refractivity contribution in [3.05, 3.63) is 0 Å². The lowest BCUT2D eigenvalue weighted by Gasteiger charge is -2.24. The van der Waals surface area contributed by atoms with Crippen molar-refractivity contribution in [3.8, 4) is 0 Å². The zero-order valence-corrected chi connectivity index (χ0v) is 8.92. The Labute approximate surface area is 88.8 Å². The second-order valence-corrected chi connectivity index (χ2v) is 6.94. The van der Waals surface area contributed by atoms with E-state index < -0.39 is 18.8 Å². The molecule has 0 aliphatic carbocycles. The predicted molar refractivity (Wildman–Crippen MR) is 56.2 cm³/mol. The van der Waals surface area contributed by atoms with Crippen molar-refractivity contribution < 1.29 is 5.48 Å². The van der Waals surface area contributed by atoms with Gasteiger partial charge < -0.3 is 0 Å². The smallest absolute Gasteiger partial charge is 0.143 e. The Bertz CT molecular complexity index is 325. The highest BCUT2D eigenvalue weighted by atomic mass is 35.5. The van der Waals surface area contributed by atoms with Gasteiger partial charge in [0.2, 0.25) is 0 Å². The summed E-state index contributed by atoms with van der Waals surface area (Å²) in [7, 11) is 0. The summed E-state index contributed by atoms with van der Waals surface area (Å²) in [5.74, 6) is -2.47. The summed E-state index contributed by atoms with van der Waals surface area (Å²) >= 11 is 10.9. The maximum absolute atomic E-state index is 7.63. The van der Waals surface area contributed by atoms with Gasteiger partial charge in [0.15, 0.2) is 0 Å². The van der Waals surface area contributed by atoms with Crippen LogP contribution in [-0.4, -0.2) is 47.8 Å². The highest BCUT2D eigenvalue weighted by Crippen LogP contribution is 2.56. The quantitative estimate of drug-likeness (QED) is 0.424. The first-order valence-corrected chi connectivity index (χ1v) is 6.85. The van der Waals surface area contributed by atoms with Gasteiger partial charge in [0.05, 0.1) is 0 Å². The van der Waals surface area contributed by atoms with Crippen molar-refractivity contribution >= 4 is 29.9 Å². The van der Waals surface area contributed by atoms with E-state index in [2.05, 4.69) is 5.09 Å². The lowest BCUT2D eigenvalue weighted by atomic mass is 10.8. The molecule has 0 aromatic heterocycles. The van der Waals surface area contributed by atoms with Crippen LogP contribution in [0.3, 0.4) is 0 Å². The van der Waals surface area contributed by atoms with E-state index in [9.17, 15) is 0 Å². The molecule has 0 aromatic carbocycles. The fourth-order valence-corrected chi connectivity index (χ4v) is 4.38. The first kappa shape index (κ1) is 5.64. The monoisotopic (exact) mass is 229 g/mol. The zero-order valence-electron chi connectivity index (χ0n) is 10.5. The third-order valence-electron chi connectivity index (χ3n) is 1.86. The fourth-order valence-electron chi connectivity index (χ4n) is 1.05. The molecule has 0 spiro atoms. The molecule has 2 aliphatic heterocycles. The third-order valence-corrected chi connectivity index (χ3v) is 6.35. The van der Waals surface area contributed by atoms with Gasteiger partial charge in [0.25, 0.3) is 0 Å². The largest absolute Gasteiger partial charge is 0.264 e. The van der Waals surface area contributed by atoms with Crippen molar-refractivity contribution in [1.29, 1.82) is 0 Å². The summed E-state index contributed by atoms with van der Waals surface area (Å²) in [6.07, 6.45) is 0. The number of hydrogen-bond acceptors (Lipinski definition) is 1. The second kappa shape index (κ2) is 3.52. The summed E-state index contributed by atoms with van der Waals surface area (Å²) in [4.78, 5) is 0. The average molecular weight is 230 g/mol. The van der Waals surface area contributed by atoms with Gasteiger partial charge in [-0.05, 0) is 11.8 Å². The molecule has 70 valence electrons. The van der Waals surface area contributed by atoms with E-state index in [0.717, 1.165) is 26.2 Å². The first-order chi connectivity index (χ1) is 7.17. The maximum atomic E-state index is 7.63. The van der Waals surface area contributed by atoms with E-state index in [0.29, 0.717) is 0 Å². The molecule has 1 N–H and O–H groups in total. The molecular formula is C6H13ClN3PS. The molecule has 2 saturated heterocycles. The second-order valence-electron chi connectivity index (χ2n) is 2.78. The van der Waals surface area contributed by atoms with Crippen LogP contribution in [0.15, 0.2) is 0 Å². The van der Waals surface area contributed by atoms with Crippen LogP contribution >= 0.6 is 18.1 Å². The SMILES string of the molecule is [2H]C([2H])(Cl)C([2H])([2H])NP(=S)(N1CC1)N1CC1. The van der Waals surface area contributed by atoms with Crippen molar-refractivity contribution in [2.75, 3.05) is 38.5 Å². The van der Waals surface area contributed by atoms with Gasteiger partial charge in [-0.2, -0.15) is 0 Å². The van der Waals surface area contributed by atoms with E-state index in [-0.39, 0.29) is 0 Å². The van der Waals surface area contributed by atoms with Crippen LogP contribution < -0.4 is 5.09 Å². The van der Waals surface area contributed by atoms with Gasteiger partial charge in [-0.1, -0.05) is 0 Å². The first-order valence-electron chi connectivity index (χ1n) is 5.76. The number of rotatable bonds is 5. The normalized spacial score (nSPS) is 31.8. The third kappa shape index (κ3) is 1.84. The van der Waals surface area contributed by atoms with Crippen LogP contribution in [-0.2, 0) is 11.8 Å². The van der Waals surface area contributed by atoms with Crippen LogP contribution in [0.5, 0.6) is 0 Å². The molecule has 2 fully saturated rings. The van der Waals surface area contributed by atoms with Gasteiger partial charge in [0.1, 0.15) is 6.49 Å². The number of halogens is 1. The Morgan fingerprint density at radius 2 is 1.92 bits per heavy atom. The zero-order chi connectivity index (χ0) is 12.2. The Morgan fingerprint density at radius 1 is 1.42 bits per heavy atom. The fraction of sp³-hybridized carbons (Fsp3) is 1.00. The van der Waals surface area contributed by atoms with Crippen LogP contribution in [0.2, 0.25) is 0 Å². The molecule has 3 nitrogen and oxygen atoms in total. The molecule has 12 heavy (non-hydrogen) atoms. The number of nitrogens with zero attached hydrogens (tertiary/aromatic N) is 2. The maximum Gasteiger partial charge on any atom is 0.143 e. The molecule has 0 bridgehead atoms. The molecule has 6 heteroatoms. The summed E-state index contributed by atoms with van der Waals surface area (Å²) in [5, 5.41) is 2.64. The molecule has 0 aromatic rings. The van der Waals surface area contributed by atoms with Crippen molar-refractivity contribution in [2.45, 2.75) is 0 Å². The van der Waals surface area contributed by atoms with E-state index in [4.69, 9.17) is 28.9 Å². The number of nitrogens with one attached hydrogen (secondary N) is 1. The summed E-state index contributed by atoms with van der Waals surface area (Å²) < 4.78 is 33.8.